The highest BCUT2D eigenvalue weighted by Gasteiger charge is 2.15. The molecule has 0 bridgehead atoms. The topological polar surface area (TPSA) is 83.6 Å². The molecular formula is C28H25ClFN5OS. The van der Waals surface area contributed by atoms with Crippen molar-refractivity contribution in [3.8, 4) is 11.8 Å². The lowest BCUT2D eigenvalue weighted by Crippen LogP contribution is -2.22. The van der Waals surface area contributed by atoms with E-state index >= 15 is 0 Å². The maximum Gasteiger partial charge on any atom is 0.220 e. The van der Waals surface area contributed by atoms with E-state index in [4.69, 9.17) is 16.9 Å². The summed E-state index contributed by atoms with van der Waals surface area (Å²) < 4.78 is 15.0. The van der Waals surface area contributed by atoms with Gasteiger partial charge >= 0.3 is 0 Å². The maximum atomic E-state index is 13.0. The first-order valence-corrected chi connectivity index (χ1v) is 13.2. The van der Waals surface area contributed by atoms with E-state index in [0.29, 0.717) is 42.1 Å². The molecule has 9 heteroatoms. The molecule has 0 saturated heterocycles. The molecule has 0 aliphatic heterocycles. The lowest BCUT2D eigenvalue weighted by molar-refractivity contribution is -0.121. The molecule has 4 rings (SSSR count). The average molecular weight is 534 g/mol. The molecule has 1 amide bonds. The summed E-state index contributed by atoms with van der Waals surface area (Å²) in [6.45, 7) is 0.375. The Labute approximate surface area is 224 Å². The second-order valence-corrected chi connectivity index (χ2v) is 9.80. The van der Waals surface area contributed by atoms with Crippen LogP contribution in [0.4, 0.5) is 4.39 Å². The van der Waals surface area contributed by atoms with Gasteiger partial charge in [0.05, 0.1) is 17.3 Å². The third-order valence-corrected chi connectivity index (χ3v) is 6.88. The summed E-state index contributed by atoms with van der Waals surface area (Å²) in [5, 5.41) is 22.2. The molecule has 188 valence electrons. The van der Waals surface area contributed by atoms with Gasteiger partial charge in [-0.25, -0.2) is 4.39 Å². The van der Waals surface area contributed by atoms with Crippen LogP contribution in [0.2, 0.25) is 5.02 Å². The lowest BCUT2D eigenvalue weighted by Gasteiger charge is -2.11. The summed E-state index contributed by atoms with van der Waals surface area (Å²) in [6.07, 6.45) is 2.50. The van der Waals surface area contributed by atoms with Gasteiger partial charge in [-0.05, 0) is 66.4 Å². The van der Waals surface area contributed by atoms with Crippen LogP contribution in [0.1, 0.15) is 41.8 Å². The summed E-state index contributed by atoms with van der Waals surface area (Å²) in [7, 11) is 0. The third-order valence-electron chi connectivity index (χ3n) is 5.65. The van der Waals surface area contributed by atoms with Gasteiger partial charge in [-0.2, -0.15) is 5.26 Å². The average Bonchev–Trinajstić information content (AvgIpc) is 3.32. The van der Waals surface area contributed by atoms with Crippen LogP contribution in [0.15, 0.2) is 78.0 Å². The van der Waals surface area contributed by atoms with E-state index in [-0.39, 0.29) is 11.7 Å². The minimum atomic E-state index is -0.296. The highest BCUT2D eigenvalue weighted by molar-refractivity contribution is 7.98. The number of halogens is 2. The minimum Gasteiger partial charge on any atom is -0.352 e. The number of nitriles is 1. The number of rotatable bonds is 11. The molecule has 1 N–H and O–H groups in total. The van der Waals surface area contributed by atoms with Crippen molar-refractivity contribution in [1.29, 1.82) is 5.26 Å². The summed E-state index contributed by atoms with van der Waals surface area (Å²) in [4.78, 5) is 12.2. The monoisotopic (exact) mass is 533 g/mol. The molecule has 0 aliphatic rings. The fraction of sp³-hybridized carbons (Fsp3) is 0.214. The number of benzene rings is 3. The molecule has 1 heterocycles. The summed E-state index contributed by atoms with van der Waals surface area (Å²) in [6, 6.07) is 23.3. The van der Waals surface area contributed by atoms with E-state index in [0.717, 1.165) is 34.2 Å². The van der Waals surface area contributed by atoms with Crippen LogP contribution < -0.4 is 5.32 Å². The Morgan fingerprint density at radius 3 is 2.62 bits per heavy atom. The van der Waals surface area contributed by atoms with Gasteiger partial charge in [0, 0.05) is 30.2 Å². The first-order chi connectivity index (χ1) is 18.0. The van der Waals surface area contributed by atoms with Crippen LogP contribution in [0.25, 0.3) is 5.69 Å². The van der Waals surface area contributed by atoms with Gasteiger partial charge in [-0.1, -0.05) is 53.7 Å². The molecule has 0 unspecified atom stereocenters. The number of hydrogen-bond acceptors (Lipinski definition) is 5. The number of nitrogens with one attached hydrogen (secondary N) is 1. The standard InChI is InChI=1S/C28H25ClFN5OS/c29-23-7-4-8-25(16-23)35-26(33-34-28(35)37-19-22-6-3-5-21(15-22)17-31)9-1-2-10-27(36)32-18-20-11-13-24(30)14-12-20/h3-8,11-16H,1-2,9-10,18-19H2,(H,32,36). The zero-order valence-corrected chi connectivity index (χ0v) is 21.6. The van der Waals surface area contributed by atoms with Crippen molar-refractivity contribution in [2.75, 3.05) is 0 Å². The summed E-state index contributed by atoms with van der Waals surface area (Å²) in [5.74, 6) is 1.09. The molecule has 0 saturated carbocycles. The van der Waals surface area contributed by atoms with E-state index in [1.807, 2.05) is 47.0 Å². The van der Waals surface area contributed by atoms with Gasteiger partial charge in [0.1, 0.15) is 11.6 Å². The van der Waals surface area contributed by atoms with E-state index in [9.17, 15) is 9.18 Å². The van der Waals surface area contributed by atoms with E-state index in [2.05, 4.69) is 21.6 Å². The van der Waals surface area contributed by atoms with Crippen molar-refractivity contribution in [1.82, 2.24) is 20.1 Å². The number of nitrogens with zero attached hydrogens (tertiary/aromatic N) is 4. The predicted octanol–water partition coefficient (Wildman–Crippen LogP) is 6.25. The Morgan fingerprint density at radius 1 is 1.03 bits per heavy atom. The van der Waals surface area contributed by atoms with Gasteiger partial charge in [0.2, 0.25) is 5.91 Å². The number of carbonyl (C=O) groups excluding carboxylic acids is 1. The van der Waals surface area contributed by atoms with Crippen LogP contribution in [0, 0.1) is 17.1 Å². The number of aryl methyl sites for hydroxylation is 1. The fourth-order valence-electron chi connectivity index (χ4n) is 3.77. The van der Waals surface area contributed by atoms with Gasteiger partial charge in [-0.3, -0.25) is 9.36 Å². The Hall–Kier alpha value is -3.67. The first kappa shape index (κ1) is 26.4. The zero-order chi connectivity index (χ0) is 26.0. The molecule has 6 nitrogen and oxygen atoms in total. The van der Waals surface area contributed by atoms with E-state index in [1.165, 1.54) is 23.9 Å². The number of thioether (sulfide) groups is 1. The fourth-order valence-corrected chi connectivity index (χ4v) is 4.87. The van der Waals surface area contributed by atoms with E-state index in [1.54, 1.807) is 18.2 Å². The molecule has 0 spiro atoms. The summed E-state index contributed by atoms with van der Waals surface area (Å²) in [5.41, 5.74) is 3.38. The molecule has 0 atom stereocenters. The smallest absolute Gasteiger partial charge is 0.220 e. The van der Waals surface area contributed by atoms with Crippen molar-refractivity contribution in [3.63, 3.8) is 0 Å². The number of aromatic nitrogens is 3. The molecule has 1 aromatic heterocycles. The highest BCUT2D eigenvalue weighted by atomic mass is 35.5. The van der Waals surface area contributed by atoms with Crippen LogP contribution in [0.5, 0.6) is 0 Å². The number of amides is 1. The number of unbranched alkanes of at least 4 members (excludes halogenated alkanes) is 1. The highest BCUT2D eigenvalue weighted by Crippen LogP contribution is 2.27. The Bertz CT molecular complexity index is 1400. The van der Waals surface area contributed by atoms with Crippen molar-refractivity contribution >= 4 is 29.3 Å². The van der Waals surface area contributed by atoms with Crippen molar-refractivity contribution in [2.24, 2.45) is 0 Å². The molecule has 37 heavy (non-hydrogen) atoms. The molecule has 0 fully saturated rings. The molecule has 3 aromatic carbocycles. The number of carbonyl (C=O) groups is 1. The van der Waals surface area contributed by atoms with Gasteiger partial charge in [-0.15, -0.1) is 10.2 Å². The summed E-state index contributed by atoms with van der Waals surface area (Å²) >= 11 is 7.80. The Balaban J connectivity index is 1.36. The lowest BCUT2D eigenvalue weighted by atomic mass is 10.1. The Morgan fingerprint density at radius 2 is 1.84 bits per heavy atom. The van der Waals surface area contributed by atoms with Crippen molar-refractivity contribution in [3.05, 3.63) is 106 Å². The molecule has 0 radical (unpaired) electrons. The largest absolute Gasteiger partial charge is 0.352 e. The normalized spacial score (nSPS) is 10.7. The quantitative estimate of drug-likeness (QED) is 0.182. The van der Waals surface area contributed by atoms with Crippen LogP contribution in [0.3, 0.4) is 0 Å². The second kappa shape index (κ2) is 13.0. The van der Waals surface area contributed by atoms with Crippen molar-refractivity contribution in [2.45, 2.75) is 43.1 Å². The number of hydrogen-bond donors (Lipinski definition) is 1. The third kappa shape index (κ3) is 7.66. The second-order valence-electron chi connectivity index (χ2n) is 8.43. The van der Waals surface area contributed by atoms with Gasteiger partial charge in [0.25, 0.3) is 0 Å². The minimum absolute atomic E-state index is 0.0449. The zero-order valence-electron chi connectivity index (χ0n) is 20.0. The predicted molar refractivity (Wildman–Crippen MR) is 143 cm³/mol. The van der Waals surface area contributed by atoms with Gasteiger partial charge in [0.15, 0.2) is 5.16 Å². The molecule has 4 aromatic rings. The maximum absolute atomic E-state index is 13.0. The first-order valence-electron chi connectivity index (χ1n) is 11.8. The van der Waals surface area contributed by atoms with Crippen LogP contribution in [-0.2, 0) is 23.5 Å². The van der Waals surface area contributed by atoms with Crippen LogP contribution in [-0.4, -0.2) is 20.7 Å². The van der Waals surface area contributed by atoms with Crippen molar-refractivity contribution < 1.29 is 9.18 Å². The molecule has 0 aliphatic carbocycles. The molecular weight excluding hydrogens is 509 g/mol. The van der Waals surface area contributed by atoms with Crippen LogP contribution >= 0.6 is 23.4 Å². The van der Waals surface area contributed by atoms with E-state index < -0.39 is 0 Å². The SMILES string of the molecule is N#Cc1cccc(CSc2nnc(CCCCC(=O)NCc3ccc(F)cc3)n2-c2cccc(Cl)c2)c1. The Kier molecular flexibility index (Phi) is 9.30. The van der Waals surface area contributed by atoms with Gasteiger partial charge < -0.3 is 5.32 Å².